The van der Waals surface area contributed by atoms with Crippen LogP contribution < -0.4 is 10.2 Å². The van der Waals surface area contributed by atoms with E-state index in [4.69, 9.17) is 16.7 Å². The lowest BCUT2D eigenvalue weighted by atomic mass is 10.2. The van der Waals surface area contributed by atoms with Crippen LogP contribution >= 0.6 is 23.4 Å². The molecule has 3 aromatic carbocycles. The first kappa shape index (κ1) is 23.5. The summed E-state index contributed by atoms with van der Waals surface area (Å²) in [7, 11) is 0. The summed E-state index contributed by atoms with van der Waals surface area (Å²) < 4.78 is 0. The fraction of sp³-hybridized carbons (Fsp3) is 0.120. The van der Waals surface area contributed by atoms with Gasteiger partial charge in [0, 0.05) is 17.1 Å². The maximum atomic E-state index is 13.1. The molecule has 0 aliphatic carbocycles. The summed E-state index contributed by atoms with van der Waals surface area (Å²) in [6, 6.07) is 22.5. The average Bonchev–Trinajstić information content (AvgIpc) is 3.12. The molecular formula is C25H20ClN3O4S. The number of carbonyl (C=O) groups excluding carboxylic acids is 2. The van der Waals surface area contributed by atoms with Gasteiger partial charge in [-0.1, -0.05) is 53.7 Å². The largest absolute Gasteiger partial charge is 0.478 e. The van der Waals surface area contributed by atoms with Gasteiger partial charge in [0.05, 0.1) is 17.8 Å². The van der Waals surface area contributed by atoms with Crippen molar-refractivity contribution in [1.82, 2.24) is 0 Å². The van der Waals surface area contributed by atoms with E-state index in [1.54, 1.807) is 24.3 Å². The van der Waals surface area contributed by atoms with Crippen molar-refractivity contribution >= 4 is 57.7 Å². The Bertz CT molecular complexity index is 1230. The Balaban J connectivity index is 1.53. The molecule has 7 nitrogen and oxygen atoms in total. The van der Waals surface area contributed by atoms with Crippen LogP contribution in [0.3, 0.4) is 0 Å². The molecule has 1 aliphatic heterocycles. The van der Waals surface area contributed by atoms with Crippen molar-refractivity contribution in [2.75, 3.05) is 10.2 Å². The summed E-state index contributed by atoms with van der Waals surface area (Å²) in [5.74, 6) is -1.80. The van der Waals surface area contributed by atoms with Gasteiger partial charge in [0.15, 0.2) is 5.17 Å². The van der Waals surface area contributed by atoms with Crippen molar-refractivity contribution in [2.45, 2.75) is 18.2 Å². The lowest BCUT2D eigenvalue weighted by Crippen LogP contribution is -2.31. The molecule has 0 spiro atoms. The molecule has 9 heteroatoms. The van der Waals surface area contributed by atoms with Gasteiger partial charge in [-0.25, -0.2) is 9.69 Å². The Kier molecular flexibility index (Phi) is 7.30. The minimum absolute atomic E-state index is 0.0108. The molecule has 0 unspecified atom stereocenters. The summed E-state index contributed by atoms with van der Waals surface area (Å²) in [6.45, 7) is 0.402. The lowest BCUT2D eigenvalue weighted by Gasteiger charge is -2.16. The van der Waals surface area contributed by atoms with E-state index in [1.807, 2.05) is 30.3 Å². The molecule has 172 valence electrons. The maximum Gasteiger partial charge on any atom is 0.335 e. The molecule has 2 N–H and O–H groups in total. The van der Waals surface area contributed by atoms with Crippen molar-refractivity contribution in [3.05, 3.63) is 95.0 Å². The highest BCUT2D eigenvalue weighted by molar-refractivity contribution is 8.15. The molecule has 1 aliphatic rings. The number of hydrogen-bond donors (Lipinski definition) is 2. The summed E-state index contributed by atoms with van der Waals surface area (Å²) in [4.78, 5) is 42.6. The topological polar surface area (TPSA) is 99.1 Å². The van der Waals surface area contributed by atoms with Crippen molar-refractivity contribution in [2.24, 2.45) is 4.99 Å². The Morgan fingerprint density at radius 2 is 1.71 bits per heavy atom. The van der Waals surface area contributed by atoms with Gasteiger partial charge < -0.3 is 10.4 Å². The van der Waals surface area contributed by atoms with Gasteiger partial charge in [0.1, 0.15) is 5.25 Å². The van der Waals surface area contributed by atoms with Gasteiger partial charge >= 0.3 is 5.97 Å². The van der Waals surface area contributed by atoms with Crippen LogP contribution in [0.1, 0.15) is 22.3 Å². The van der Waals surface area contributed by atoms with E-state index >= 15 is 0 Å². The second-order valence-corrected chi connectivity index (χ2v) is 9.10. The number of carboxylic acids is 1. The fourth-order valence-corrected chi connectivity index (χ4v) is 4.51. The normalized spacial score (nSPS) is 16.1. The number of benzene rings is 3. The minimum Gasteiger partial charge on any atom is -0.478 e. The van der Waals surface area contributed by atoms with Gasteiger partial charge in [-0.3, -0.25) is 14.6 Å². The highest BCUT2D eigenvalue weighted by atomic mass is 35.5. The number of carboxylic acid groups (broad SMARTS) is 1. The van der Waals surface area contributed by atoms with Crippen molar-refractivity contribution in [3.8, 4) is 0 Å². The number of halogens is 1. The molecule has 2 amide bonds. The maximum absolute atomic E-state index is 13.1. The third kappa shape index (κ3) is 5.65. The van der Waals surface area contributed by atoms with Gasteiger partial charge in [0.25, 0.3) is 0 Å². The second-order valence-electron chi connectivity index (χ2n) is 7.47. The van der Waals surface area contributed by atoms with Crippen LogP contribution in [0.25, 0.3) is 0 Å². The van der Waals surface area contributed by atoms with Crippen LogP contribution in [0.5, 0.6) is 0 Å². The first-order chi connectivity index (χ1) is 16.4. The number of aromatic carboxylic acids is 1. The number of amides is 2. The number of rotatable bonds is 6. The zero-order valence-electron chi connectivity index (χ0n) is 17.8. The third-order valence-electron chi connectivity index (χ3n) is 5.08. The standard InChI is InChI=1S/C25H20ClN3O4S/c26-18-8-10-19(11-9-18)28-25(27-15-16-4-2-1-3-5-16)34-21-14-22(30)29(23(21)31)20-12-6-17(7-13-20)24(32)33/h1-13,21H,14-15H2,(H,27,28)(H,32,33)/t21-/m0/s1. The molecule has 1 atom stereocenters. The van der Waals surface area contributed by atoms with E-state index in [0.717, 1.165) is 16.2 Å². The molecule has 3 aromatic rings. The Hall–Kier alpha value is -3.62. The third-order valence-corrected chi connectivity index (χ3v) is 6.43. The van der Waals surface area contributed by atoms with Crippen LogP contribution in [0.4, 0.5) is 11.4 Å². The molecule has 0 radical (unpaired) electrons. The summed E-state index contributed by atoms with van der Waals surface area (Å²) in [6.07, 6.45) is 0.0108. The fourth-order valence-electron chi connectivity index (χ4n) is 3.36. The van der Waals surface area contributed by atoms with Crippen LogP contribution in [-0.4, -0.2) is 33.3 Å². The molecular weight excluding hydrogens is 474 g/mol. The number of amidine groups is 1. The average molecular weight is 494 g/mol. The molecule has 0 aromatic heterocycles. The van der Waals surface area contributed by atoms with Gasteiger partial charge in [-0.15, -0.1) is 0 Å². The number of imide groups is 1. The van der Waals surface area contributed by atoms with Gasteiger partial charge in [0.2, 0.25) is 11.8 Å². The molecule has 1 saturated heterocycles. The van der Waals surface area contributed by atoms with E-state index in [-0.39, 0.29) is 23.8 Å². The minimum atomic E-state index is -1.08. The lowest BCUT2D eigenvalue weighted by molar-refractivity contribution is -0.121. The number of thioether (sulfide) groups is 1. The van der Waals surface area contributed by atoms with E-state index in [0.29, 0.717) is 22.4 Å². The number of hydrogen-bond acceptors (Lipinski definition) is 5. The van der Waals surface area contributed by atoms with Gasteiger partial charge in [-0.2, -0.15) is 0 Å². The highest BCUT2D eigenvalue weighted by Crippen LogP contribution is 2.31. The zero-order valence-corrected chi connectivity index (χ0v) is 19.4. The number of nitrogens with zero attached hydrogens (tertiary/aromatic N) is 2. The number of carbonyl (C=O) groups is 3. The molecule has 0 saturated carbocycles. The van der Waals surface area contributed by atoms with Crippen LogP contribution in [0, 0.1) is 0 Å². The molecule has 1 fully saturated rings. The summed E-state index contributed by atoms with van der Waals surface area (Å²) in [5, 5.41) is 12.7. The highest BCUT2D eigenvalue weighted by Gasteiger charge is 2.40. The quantitative estimate of drug-likeness (QED) is 0.282. The van der Waals surface area contributed by atoms with E-state index in [9.17, 15) is 14.4 Å². The first-order valence-electron chi connectivity index (χ1n) is 10.4. The Labute approximate surface area is 205 Å². The van der Waals surface area contributed by atoms with Crippen molar-refractivity contribution < 1.29 is 19.5 Å². The summed E-state index contributed by atoms with van der Waals surface area (Å²) in [5.41, 5.74) is 2.18. The van der Waals surface area contributed by atoms with Crippen LogP contribution in [0.2, 0.25) is 5.02 Å². The van der Waals surface area contributed by atoms with E-state index < -0.39 is 11.2 Å². The smallest absolute Gasteiger partial charge is 0.335 e. The first-order valence-corrected chi connectivity index (χ1v) is 11.6. The van der Waals surface area contributed by atoms with Gasteiger partial charge in [-0.05, 0) is 54.1 Å². The zero-order chi connectivity index (χ0) is 24.1. The summed E-state index contributed by atoms with van der Waals surface area (Å²) >= 11 is 7.17. The Morgan fingerprint density at radius 3 is 2.35 bits per heavy atom. The van der Waals surface area contributed by atoms with Crippen molar-refractivity contribution in [1.29, 1.82) is 0 Å². The van der Waals surface area contributed by atoms with Crippen molar-refractivity contribution in [3.63, 3.8) is 0 Å². The molecule has 0 bridgehead atoms. The van der Waals surface area contributed by atoms with Crippen LogP contribution in [0.15, 0.2) is 83.9 Å². The Morgan fingerprint density at radius 1 is 1.03 bits per heavy atom. The van der Waals surface area contributed by atoms with E-state index in [1.165, 1.54) is 36.0 Å². The van der Waals surface area contributed by atoms with Crippen LogP contribution in [-0.2, 0) is 16.1 Å². The number of aliphatic imine (C=N–C) groups is 1. The SMILES string of the molecule is O=C(O)c1ccc(N2C(=O)C[C@H](SC(=NCc3ccccc3)Nc3ccc(Cl)cc3)C2=O)cc1. The predicted octanol–water partition coefficient (Wildman–Crippen LogP) is 5.07. The number of anilines is 2. The number of nitrogens with one attached hydrogen (secondary N) is 1. The monoisotopic (exact) mass is 493 g/mol. The molecule has 1 heterocycles. The molecule has 34 heavy (non-hydrogen) atoms. The molecule has 4 rings (SSSR count). The van der Waals surface area contributed by atoms with E-state index in [2.05, 4.69) is 10.3 Å². The predicted molar refractivity (Wildman–Crippen MR) is 135 cm³/mol. The second kappa shape index (κ2) is 10.5.